The summed E-state index contributed by atoms with van der Waals surface area (Å²) in [5.74, 6) is -0.855. The van der Waals surface area contributed by atoms with Gasteiger partial charge in [-0.05, 0) is 31.4 Å². The van der Waals surface area contributed by atoms with Gasteiger partial charge in [0, 0.05) is 6.54 Å². The second-order valence-electron chi connectivity index (χ2n) is 4.92. The number of morpholine rings is 1. The Hall–Kier alpha value is -1.55. The molecule has 4 heteroatoms. The van der Waals surface area contributed by atoms with Crippen LogP contribution in [0.2, 0.25) is 0 Å². The largest absolute Gasteiger partial charge is 0.478 e. The molecule has 2 fully saturated rings. The second kappa shape index (κ2) is 4.61. The van der Waals surface area contributed by atoms with Crippen LogP contribution in [-0.2, 0) is 4.74 Å². The zero-order chi connectivity index (χ0) is 12.5. The highest BCUT2D eigenvalue weighted by Gasteiger charge is 2.37. The van der Waals surface area contributed by atoms with Gasteiger partial charge in [0.1, 0.15) is 0 Å². The lowest BCUT2D eigenvalue weighted by Gasteiger charge is -2.39. The van der Waals surface area contributed by atoms with E-state index in [-0.39, 0.29) is 6.10 Å². The van der Waals surface area contributed by atoms with E-state index in [0.717, 1.165) is 25.1 Å². The van der Waals surface area contributed by atoms with E-state index in [1.807, 2.05) is 12.1 Å². The van der Waals surface area contributed by atoms with Gasteiger partial charge < -0.3 is 14.7 Å². The van der Waals surface area contributed by atoms with Crippen LogP contribution in [0, 0.1) is 0 Å². The fourth-order valence-corrected chi connectivity index (χ4v) is 3.13. The Morgan fingerprint density at radius 3 is 3.00 bits per heavy atom. The lowest BCUT2D eigenvalue weighted by Crippen LogP contribution is -2.49. The van der Waals surface area contributed by atoms with Gasteiger partial charge in [-0.15, -0.1) is 0 Å². The average molecular weight is 247 g/mol. The van der Waals surface area contributed by atoms with Gasteiger partial charge in [0.2, 0.25) is 0 Å². The third-order valence-electron chi connectivity index (χ3n) is 3.93. The molecule has 18 heavy (non-hydrogen) atoms. The maximum Gasteiger partial charge on any atom is 0.337 e. The first kappa shape index (κ1) is 11.5. The fourth-order valence-electron chi connectivity index (χ4n) is 3.13. The molecule has 0 radical (unpaired) electrons. The van der Waals surface area contributed by atoms with Crippen molar-refractivity contribution in [1.82, 2.24) is 0 Å². The van der Waals surface area contributed by atoms with E-state index < -0.39 is 5.97 Å². The van der Waals surface area contributed by atoms with Crippen molar-refractivity contribution >= 4 is 11.7 Å². The van der Waals surface area contributed by atoms with Crippen LogP contribution in [0.15, 0.2) is 24.3 Å². The zero-order valence-electron chi connectivity index (χ0n) is 10.2. The molecule has 1 saturated heterocycles. The molecule has 0 bridgehead atoms. The standard InChI is InChI=1S/C14H17NO3/c16-14(17)10-4-1-2-5-11(10)15-8-9-18-13-7-3-6-12(13)15/h1-2,4-5,12-13H,3,6-9H2,(H,16,17). The van der Waals surface area contributed by atoms with Gasteiger partial charge in [0.05, 0.1) is 30.0 Å². The number of fused-ring (bicyclic) bond motifs is 1. The summed E-state index contributed by atoms with van der Waals surface area (Å²) in [6, 6.07) is 7.61. The van der Waals surface area contributed by atoms with E-state index in [1.165, 1.54) is 6.42 Å². The number of para-hydroxylation sites is 1. The van der Waals surface area contributed by atoms with Crippen LogP contribution in [-0.4, -0.2) is 36.4 Å². The molecule has 96 valence electrons. The summed E-state index contributed by atoms with van der Waals surface area (Å²) < 4.78 is 5.76. The second-order valence-corrected chi connectivity index (χ2v) is 4.92. The summed E-state index contributed by atoms with van der Waals surface area (Å²) in [5.41, 5.74) is 1.23. The minimum atomic E-state index is -0.855. The Morgan fingerprint density at radius 1 is 1.33 bits per heavy atom. The third-order valence-corrected chi connectivity index (χ3v) is 3.93. The molecule has 1 N–H and O–H groups in total. The fraction of sp³-hybridized carbons (Fsp3) is 0.500. The molecular weight excluding hydrogens is 230 g/mol. The first-order chi connectivity index (χ1) is 8.77. The number of benzene rings is 1. The molecule has 0 amide bonds. The summed E-state index contributed by atoms with van der Waals surface area (Å²) in [7, 11) is 0. The lowest BCUT2D eigenvalue weighted by atomic mass is 10.1. The number of rotatable bonds is 2. The number of anilines is 1. The van der Waals surface area contributed by atoms with Crippen molar-refractivity contribution in [2.75, 3.05) is 18.1 Å². The van der Waals surface area contributed by atoms with E-state index in [0.29, 0.717) is 18.2 Å². The molecule has 3 rings (SSSR count). The molecule has 2 atom stereocenters. The average Bonchev–Trinajstić information content (AvgIpc) is 2.86. The number of carboxylic acid groups (broad SMARTS) is 1. The number of hydrogen-bond acceptors (Lipinski definition) is 3. The van der Waals surface area contributed by atoms with Gasteiger partial charge in [0.25, 0.3) is 0 Å². The molecule has 2 aliphatic rings. The zero-order valence-corrected chi connectivity index (χ0v) is 10.2. The van der Waals surface area contributed by atoms with Crippen molar-refractivity contribution < 1.29 is 14.6 Å². The topological polar surface area (TPSA) is 49.8 Å². The van der Waals surface area contributed by atoms with Gasteiger partial charge >= 0.3 is 5.97 Å². The monoisotopic (exact) mass is 247 g/mol. The van der Waals surface area contributed by atoms with Crippen LogP contribution in [0.25, 0.3) is 0 Å². The number of nitrogens with zero attached hydrogens (tertiary/aromatic N) is 1. The van der Waals surface area contributed by atoms with Gasteiger partial charge in [0.15, 0.2) is 0 Å². The predicted octanol–water partition coefficient (Wildman–Crippen LogP) is 2.14. The molecule has 1 saturated carbocycles. The maximum absolute atomic E-state index is 11.3. The third kappa shape index (κ3) is 1.86. The summed E-state index contributed by atoms with van der Waals surface area (Å²) in [6.45, 7) is 1.47. The smallest absolute Gasteiger partial charge is 0.337 e. The van der Waals surface area contributed by atoms with Crippen molar-refractivity contribution in [2.24, 2.45) is 0 Å². The first-order valence-electron chi connectivity index (χ1n) is 6.48. The maximum atomic E-state index is 11.3. The SMILES string of the molecule is O=C(O)c1ccccc1N1CCOC2CCCC21. The summed E-state index contributed by atoms with van der Waals surface area (Å²) in [5, 5.41) is 9.28. The van der Waals surface area contributed by atoms with Crippen LogP contribution >= 0.6 is 0 Å². The molecule has 0 spiro atoms. The van der Waals surface area contributed by atoms with Crippen LogP contribution in [0.4, 0.5) is 5.69 Å². The minimum absolute atomic E-state index is 0.278. The number of carbonyl (C=O) groups is 1. The predicted molar refractivity (Wildman–Crippen MR) is 68.1 cm³/mol. The van der Waals surface area contributed by atoms with Crippen LogP contribution < -0.4 is 4.90 Å². The quantitative estimate of drug-likeness (QED) is 0.870. The van der Waals surface area contributed by atoms with Crippen molar-refractivity contribution in [1.29, 1.82) is 0 Å². The Labute approximate surface area is 106 Å². The van der Waals surface area contributed by atoms with E-state index >= 15 is 0 Å². The highest BCUT2D eigenvalue weighted by molar-refractivity contribution is 5.94. The van der Waals surface area contributed by atoms with Gasteiger partial charge in [-0.3, -0.25) is 0 Å². The Morgan fingerprint density at radius 2 is 2.17 bits per heavy atom. The summed E-state index contributed by atoms with van der Waals surface area (Å²) in [6.07, 6.45) is 3.64. The van der Waals surface area contributed by atoms with Crippen molar-refractivity contribution in [3.63, 3.8) is 0 Å². The molecule has 2 unspecified atom stereocenters. The van der Waals surface area contributed by atoms with Crippen LogP contribution in [0.5, 0.6) is 0 Å². The number of hydrogen-bond donors (Lipinski definition) is 1. The van der Waals surface area contributed by atoms with Crippen LogP contribution in [0.1, 0.15) is 29.6 Å². The van der Waals surface area contributed by atoms with E-state index in [2.05, 4.69) is 4.90 Å². The van der Waals surface area contributed by atoms with E-state index in [4.69, 9.17) is 4.74 Å². The molecule has 1 heterocycles. The molecule has 1 aliphatic carbocycles. The molecular formula is C14H17NO3. The number of aromatic carboxylic acids is 1. The number of carboxylic acids is 1. The Bertz CT molecular complexity index is 460. The van der Waals surface area contributed by atoms with Gasteiger partial charge in [-0.1, -0.05) is 12.1 Å². The van der Waals surface area contributed by atoms with Crippen molar-refractivity contribution in [3.05, 3.63) is 29.8 Å². The van der Waals surface area contributed by atoms with E-state index in [9.17, 15) is 9.90 Å². The van der Waals surface area contributed by atoms with E-state index in [1.54, 1.807) is 12.1 Å². The molecule has 1 aliphatic heterocycles. The van der Waals surface area contributed by atoms with Crippen molar-refractivity contribution in [2.45, 2.75) is 31.4 Å². The van der Waals surface area contributed by atoms with Gasteiger partial charge in [-0.2, -0.15) is 0 Å². The summed E-state index contributed by atoms with van der Waals surface area (Å²) >= 11 is 0. The first-order valence-corrected chi connectivity index (χ1v) is 6.48. The highest BCUT2D eigenvalue weighted by Crippen LogP contribution is 2.34. The molecule has 0 aromatic heterocycles. The molecule has 1 aromatic rings. The Kier molecular flexibility index (Phi) is 2.96. The Balaban J connectivity index is 1.96. The lowest BCUT2D eigenvalue weighted by molar-refractivity contribution is 0.0254. The highest BCUT2D eigenvalue weighted by atomic mass is 16.5. The molecule has 4 nitrogen and oxygen atoms in total. The normalized spacial score (nSPS) is 27.0. The van der Waals surface area contributed by atoms with Gasteiger partial charge in [-0.25, -0.2) is 4.79 Å². The molecule has 1 aromatic carbocycles. The van der Waals surface area contributed by atoms with Crippen molar-refractivity contribution in [3.8, 4) is 0 Å². The minimum Gasteiger partial charge on any atom is -0.478 e. The summed E-state index contributed by atoms with van der Waals surface area (Å²) in [4.78, 5) is 13.5. The van der Waals surface area contributed by atoms with Crippen LogP contribution in [0.3, 0.4) is 0 Å². The number of ether oxygens (including phenoxy) is 1.